The molecule has 0 fully saturated rings. The standard InChI is InChI=1S/C21H29N5O2/c1-15-7-9-16(10-8-15)14-23-20(27)18-17-6-4-5-12-26(17)19(24-18)21(28)22-11-13-25(2)3/h7-10H,4-6,11-14H2,1-3H3,(H,22,28)(H,23,27). The molecule has 2 N–H and O–H groups in total. The van der Waals surface area contributed by atoms with Gasteiger partial charge in [0, 0.05) is 26.2 Å². The molecule has 1 aliphatic rings. The van der Waals surface area contributed by atoms with E-state index in [1.54, 1.807) is 0 Å². The lowest BCUT2D eigenvalue weighted by atomic mass is 10.1. The molecule has 0 atom stereocenters. The fraction of sp³-hybridized carbons (Fsp3) is 0.476. The molecule has 28 heavy (non-hydrogen) atoms. The normalized spacial score (nSPS) is 13.3. The zero-order valence-electron chi connectivity index (χ0n) is 16.9. The maximum absolute atomic E-state index is 12.8. The van der Waals surface area contributed by atoms with E-state index in [1.807, 2.05) is 54.8 Å². The van der Waals surface area contributed by atoms with E-state index in [4.69, 9.17) is 0 Å². The van der Waals surface area contributed by atoms with Crippen molar-refractivity contribution in [2.75, 3.05) is 27.2 Å². The summed E-state index contributed by atoms with van der Waals surface area (Å²) >= 11 is 0. The molecule has 1 aliphatic heterocycles. The van der Waals surface area contributed by atoms with Crippen molar-refractivity contribution in [3.63, 3.8) is 0 Å². The van der Waals surface area contributed by atoms with Crippen LogP contribution < -0.4 is 10.6 Å². The monoisotopic (exact) mass is 383 g/mol. The van der Waals surface area contributed by atoms with Crippen molar-refractivity contribution < 1.29 is 9.59 Å². The van der Waals surface area contributed by atoms with Gasteiger partial charge in [0.25, 0.3) is 11.8 Å². The maximum atomic E-state index is 12.8. The zero-order chi connectivity index (χ0) is 20.1. The fourth-order valence-corrected chi connectivity index (χ4v) is 3.34. The highest BCUT2D eigenvalue weighted by Crippen LogP contribution is 2.21. The minimum atomic E-state index is -0.224. The van der Waals surface area contributed by atoms with Gasteiger partial charge in [0.1, 0.15) is 5.69 Å². The summed E-state index contributed by atoms with van der Waals surface area (Å²) in [7, 11) is 3.92. The van der Waals surface area contributed by atoms with Crippen molar-refractivity contribution in [3.8, 4) is 0 Å². The molecule has 7 heteroatoms. The number of aryl methyl sites for hydroxylation is 1. The van der Waals surface area contributed by atoms with Gasteiger partial charge in [-0.05, 0) is 45.8 Å². The molecule has 3 rings (SSSR count). The number of fused-ring (bicyclic) bond motifs is 1. The van der Waals surface area contributed by atoms with E-state index in [2.05, 4.69) is 15.6 Å². The fourth-order valence-electron chi connectivity index (χ4n) is 3.34. The van der Waals surface area contributed by atoms with Crippen LogP contribution in [0.25, 0.3) is 0 Å². The number of nitrogens with one attached hydrogen (secondary N) is 2. The van der Waals surface area contributed by atoms with Crippen molar-refractivity contribution >= 4 is 11.8 Å². The first-order valence-corrected chi connectivity index (χ1v) is 9.82. The summed E-state index contributed by atoms with van der Waals surface area (Å²) in [5, 5.41) is 5.84. The van der Waals surface area contributed by atoms with Crippen LogP contribution in [0.3, 0.4) is 0 Å². The van der Waals surface area contributed by atoms with Gasteiger partial charge in [-0.25, -0.2) is 4.98 Å². The van der Waals surface area contributed by atoms with Crippen LogP contribution >= 0.6 is 0 Å². The average Bonchev–Trinajstić information content (AvgIpc) is 3.07. The molecule has 150 valence electrons. The summed E-state index contributed by atoms with van der Waals surface area (Å²) in [4.78, 5) is 31.8. The third-order valence-corrected chi connectivity index (χ3v) is 4.95. The lowest BCUT2D eigenvalue weighted by molar-refractivity contribution is 0.0935. The summed E-state index contributed by atoms with van der Waals surface area (Å²) in [5.41, 5.74) is 3.46. The number of imidazole rings is 1. The predicted octanol–water partition coefficient (Wildman–Crippen LogP) is 1.75. The number of hydrogen-bond donors (Lipinski definition) is 2. The Kier molecular flexibility index (Phi) is 6.46. The molecule has 0 bridgehead atoms. The number of rotatable bonds is 7. The highest BCUT2D eigenvalue weighted by atomic mass is 16.2. The van der Waals surface area contributed by atoms with Crippen LogP contribution in [0.1, 0.15) is 50.8 Å². The third kappa shape index (κ3) is 4.78. The minimum absolute atomic E-state index is 0.220. The maximum Gasteiger partial charge on any atom is 0.287 e. The van der Waals surface area contributed by atoms with Gasteiger partial charge in [-0.2, -0.15) is 0 Å². The molecule has 2 amide bonds. The van der Waals surface area contributed by atoms with E-state index in [1.165, 1.54) is 5.56 Å². The van der Waals surface area contributed by atoms with Gasteiger partial charge in [0.05, 0.1) is 5.69 Å². The Morgan fingerprint density at radius 1 is 1.11 bits per heavy atom. The van der Waals surface area contributed by atoms with E-state index in [-0.39, 0.29) is 11.8 Å². The first kappa shape index (κ1) is 20.1. The van der Waals surface area contributed by atoms with E-state index in [9.17, 15) is 9.59 Å². The lowest BCUT2D eigenvalue weighted by Crippen LogP contribution is -2.33. The second kappa shape index (κ2) is 9.01. The summed E-state index contributed by atoms with van der Waals surface area (Å²) in [5.74, 6) is -0.102. The van der Waals surface area contributed by atoms with Gasteiger partial charge in [-0.3, -0.25) is 9.59 Å². The van der Waals surface area contributed by atoms with Crippen molar-refractivity contribution in [3.05, 3.63) is 52.6 Å². The van der Waals surface area contributed by atoms with Gasteiger partial charge in [0.2, 0.25) is 0 Å². The Morgan fingerprint density at radius 2 is 1.86 bits per heavy atom. The van der Waals surface area contributed by atoms with Crippen molar-refractivity contribution in [2.45, 2.75) is 39.3 Å². The van der Waals surface area contributed by atoms with E-state index < -0.39 is 0 Å². The van der Waals surface area contributed by atoms with E-state index in [0.29, 0.717) is 24.6 Å². The number of amides is 2. The largest absolute Gasteiger partial charge is 0.348 e. The van der Waals surface area contributed by atoms with Crippen LogP contribution in [0.4, 0.5) is 0 Å². The molecule has 0 spiro atoms. The number of carbonyl (C=O) groups is 2. The smallest absolute Gasteiger partial charge is 0.287 e. The Bertz CT molecular complexity index is 839. The highest BCUT2D eigenvalue weighted by molar-refractivity contribution is 5.97. The molecular formula is C21H29N5O2. The van der Waals surface area contributed by atoms with Crippen LogP contribution in [0.15, 0.2) is 24.3 Å². The van der Waals surface area contributed by atoms with Crippen molar-refractivity contribution in [2.24, 2.45) is 0 Å². The van der Waals surface area contributed by atoms with Crippen LogP contribution in [-0.2, 0) is 19.5 Å². The Morgan fingerprint density at radius 3 is 2.57 bits per heavy atom. The Balaban J connectivity index is 1.73. The van der Waals surface area contributed by atoms with Crippen LogP contribution in [0.5, 0.6) is 0 Å². The van der Waals surface area contributed by atoms with Gasteiger partial charge in [-0.1, -0.05) is 29.8 Å². The number of hydrogen-bond acceptors (Lipinski definition) is 4. The van der Waals surface area contributed by atoms with E-state index >= 15 is 0 Å². The number of carbonyl (C=O) groups excluding carboxylic acids is 2. The number of benzene rings is 1. The topological polar surface area (TPSA) is 79.3 Å². The quantitative estimate of drug-likeness (QED) is 0.763. The first-order chi connectivity index (χ1) is 13.5. The molecule has 2 aromatic rings. The number of nitrogens with zero attached hydrogens (tertiary/aromatic N) is 3. The molecule has 0 saturated heterocycles. The van der Waals surface area contributed by atoms with Crippen molar-refractivity contribution in [1.29, 1.82) is 0 Å². The minimum Gasteiger partial charge on any atom is -0.348 e. The Hall–Kier alpha value is -2.67. The molecule has 0 aliphatic carbocycles. The van der Waals surface area contributed by atoms with Crippen LogP contribution in [0.2, 0.25) is 0 Å². The molecular weight excluding hydrogens is 354 g/mol. The van der Waals surface area contributed by atoms with Gasteiger partial charge in [0.15, 0.2) is 5.82 Å². The molecule has 0 saturated carbocycles. The molecule has 0 radical (unpaired) electrons. The first-order valence-electron chi connectivity index (χ1n) is 9.82. The molecule has 1 aromatic carbocycles. The number of likely N-dealkylation sites (N-methyl/N-ethyl adjacent to an activating group) is 1. The summed E-state index contributed by atoms with van der Waals surface area (Å²) in [6, 6.07) is 8.05. The molecule has 1 aromatic heterocycles. The van der Waals surface area contributed by atoms with Crippen molar-refractivity contribution in [1.82, 2.24) is 25.1 Å². The third-order valence-electron chi connectivity index (χ3n) is 4.95. The molecule has 0 unspecified atom stereocenters. The second-order valence-electron chi connectivity index (χ2n) is 7.57. The van der Waals surface area contributed by atoms with Gasteiger partial charge < -0.3 is 20.1 Å². The highest BCUT2D eigenvalue weighted by Gasteiger charge is 2.27. The van der Waals surface area contributed by atoms with E-state index in [0.717, 1.165) is 43.6 Å². The molecule has 7 nitrogen and oxygen atoms in total. The summed E-state index contributed by atoms with van der Waals surface area (Å²) < 4.78 is 1.91. The summed E-state index contributed by atoms with van der Waals surface area (Å²) in [6.45, 7) is 4.50. The Labute approximate surface area is 166 Å². The SMILES string of the molecule is Cc1ccc(CNC(=O)c2nc(C(=O)NCCN(C)C)n3c2CCCC3)cc1. The molecule has 2 heterocycles. The van der Waals surface area contributed by atoms with Gasteiger partial charge in [-0.15, -0.1) is 0 Å². The lowest BCUT2D eigenvalue weighted by Gasteiger charge is -2.17. The second-order valence-corrected chi connectivity index (χ2v) is 7.57. The van der Waals surface area contributed by atoms with Gasteiger partial charge >= 0.3 is 0 Å². The average molecular weight is 383 g/mol. The van der Waals surface area contributed by atoms with Crippen LogP contribution in [0, 0.1) is 6.92 Å². The summed E-state index contributed by atoms with van der Waals surface area (Å²) in [6.07, 6.45) is 2.77. The number of aromatic nitrogens is 2. The van der Waals surface area contributed by atoms with Crippen LogP contribution in [-0.4, -0.2) is 53.5 Å². The predicted molar refractivity (Wildman–Crippen MR) is 108 cm³/mol. The zero-order valence-corrected chi connectivity index (χ0v) is 16.9.